The van der Waals surface area contributed by atoms with Crippen molar-refractivity contribution in [1.82, 2.24) is 20.4 Å². The first kappa shape index (κ1) is 25.5. The van der Waals surface area contributed by atoms with E-state index in [0.29, 0.717) is 32.2 Å². The Morgan fingerprint density at radius 3 is 2.57 bits per heavy atom. The molecule has 2 fully saturated rings. The molecule has 0 spiro atoms. The summed E-state index contributed by atoms with van der Waals surface area (Å²) in [5, 5.41) is 5.96. The van der Waals surface area contributed by atoms with Crippen molar-refractivity contribution in [3.8, 4) is 0 Å². The molecule has 3 aliphatic rings. The van der Waals surface area contributed by atoms with Crippen molar-refractivity contribution >= 4 is 35.4 Å². The van der Waals surface area contributed by atoms with E-state index in [0.717, 1.165) is 17.7 Å². The van der Waals surface area contributed by atoms with Crippen LogP contribution < -0.4 is 10.6 Å². The van der Waals surface area contributed by atoms with Crippen LogP contribution in [0.5, 0.6) is 0 Å². The molecule has 3 aliphatic heterocycles. The van der Waals surface area contributed by atoms with Crippen molar-refractivity contribution < 1.29 is 19.2 Å². The molecule has 9 heteroatoms. The van der Waals surface area contributed by atoms with Crippen molar-refractivity contribution in [1.29, 1.82) is 0 Å². The van der Waals surface area contributed by atoms with Gasteiger partial charge in [-0.05, 0) is 43.2 Å². The minimum atomic E-state index is -0.855. The topological polar surface area (TPSA) is 98.8 Å². The second-order valence-electron chi connectivity index (χ2n) is 10.2. The highest BCUT2D eigenvalue weighted by Crippen LogP contribution is 2.37. The lowest BCUT2D eigenvalue weighted by molar-refractivity contribution is -0.147. The van der Waals surface area contributed by atoms with Crippen molar-refractivity contribution in [3.63, 3.8) is 0 Å². The Bertz CT molecular complexity index is 984. The van der Waals surface area contributed by atoms with Crippen LogP contribution in [0.3, 0.4) is 0 Å². The Morgan fingerprint density at radius 1 is 1.06 bits per heavy atom. The van der Waals surface area contributed by atoms with Gasteiger partial charge in [0.25, 0.3) is 0 Å². The summed E-state index contributed by atoms with van der Waals surface area (Å²) in [6, 6.07) is 6.51. The molecule has 35 heavy (non-hydrogen) atoms. The van der Waals surface area contributed by atoms with E-state index in [1.807, 2.05) is 26.0 Å². The Balaban J connectivity index is 1.52. The number of benzene rings is 1. The van der Waals surface area contributed by atoms with Crippen LogP contribution in [-0.4, -0.2) is 70.4 Å². The van der Waals surface area contributed by atoms with E-state index >= 15 is 0 Å². The first-order chi connectivity index (χ1) is 16.7. The second kappa shape index (κ2) is 11.0. The van der Waals surface area contributed by atoms with E-state index in [-0.39, 0.29) is 48.2 Å². The summed E-state index contributed by atoms with van der Waals surface area (Å²) in [4.78, 5) is 56.5. The number of fused-ring (bicyclic) bond motifs is 2. The normalized spacial score (nSPS) is 26.5. The predicted molar refractivity (Wildman–Crippen MR) is 135 cm³/mol. The molecule has 8 nitrogen and oxygen atoms in total. The largest absolute Gasteiger partial charge is 0.347 e. The van der Waals surface area contributed by atoms with Crippen LogP contribution in [0, 0.1) is 5.92 Å². The molecule has 0 saturated carbocycles. The number of amides is 4. The van der Waals surface area contributed by atoms with E-state index in [4.69, 9.17) is 0 Å². The molecule has 4 rings (SSSR count). The van der Waals surface area contributed by atoms with Gasteiger partial charge in [-0.3, -0.25) is 19.2 Å². The van der Waals surface area contributed by atoms with Gasteiger partial charge in [0.1, 0.15) is 12.1 Å². The van der Waals surface area contributed by atoms with Crippen molar-refractivity contribution in [3.05, 3.63) is 29.8 Å². The molecule has 4 atom stereocenters. The fourth-order valence-corrected chi connectivity index (χ4v) is 6.57. The number of carbonyl (C=O) groups excluding carboxylic acids is 4. The van der Waals surface area contributed by atoms with Crippen LogP contribution >= 0.6 is 11.8 Å². The van der Waals surface area contributed by atoms with Crippen LogP contribution in [0.25, 0.3) is 0 Å². The predicted octanol–water partition coefficient (Wildman–Crippen LogP) is 2.48. The van der Waals surface area contributed by atoms with Gasteiger partial charge in [0.2, 0.25) is 23.6 Å². The smallest absolute Gasteiger partial charge is 0.247 e. The molecule has 0 aliphatic carbocycles. The minimum Gasteiger partial charge on any atom is -0.347 e. The SMILES string of the molecule is CC(=O)N[C@H]1CN(C(=O)CC(C)C)CC[C@H]2CC[C@@H](C(=O)NC3CCSc4ccccc43)N2C1=O. The lowest BCUT2D eigenvalue weighted by Crippen LogP contribution is -2.61. The highest BCUT2D eigenvalue weighted by atomic mass is 32.2. The van der Waals surface area contributed by atoms with Crippen molar-refractivity contribution in [2.75, 3.05) is 18.8 Å². The molecular weight excluding hydrogens is 464 g/mol. The first-order valence-electron chi connectivity index (χ1n) is 12.6. The standard InChI is InChI=1S/C26H36N4O4S/c1-16(2)14-24(32)29-12-10-18-8-9-22(30(18)26(34)21(15-29)27-17(3)31)25(33)28-20-11-13-35-23-7-5-4-6-19(20)23/h4-7,16,18,20-22H,8-15H2,1-3H3,(H,27,31)(H,28,33)/t18-,20?,21+,22+/m1/s1. The summed E-state index contributed by atoms with van der Waals surface area (Å²) in [6.07, 6.45) is 3.17. The van der Waals surface area contributed by atoms with E-state index in [1.54, 1.807) is 21.6 Å². The zero-order valence-corrected chi connectivity index (χ0v) is 21.6. The monoisotopic (exact) mass is 500 g/mol. The molecule has 1 unspecified atom stereocenters. The molecule has 1 aromatic rings. The fraction of sp³-hybridized carbons (Fsp3) is 0.615. The first-order valence-corrected chi connectivity index (χ1v) is 13.6. The number of nitrogens with zero attached hydrogens (tertiary/aromatic N) is 2. The minimum absolute atomic E-state index is 0.00211. The lowest BCUT2D eigenvalue weighted by Gasteiger charge is -2.39. The molecule has 0 aromatic heterocycles. The third kappa shape index (κ3) is 5.82. The number of rotatable bonds is 5. The summed E-state index contributed by atoms with van der Waals surface area (Å²) >= 11 is 1.80. The molecule has 190 valence electrons. The summed E-state index contributed by atoms with van der Waals surface area (Å²) < 4.78 is 0. The average molecular weight is 501 g/mol. The summed E-state index contributed by atoms with van der Waals surface area (Å²) in [6.45, 7) is 6.00. The Morgan fingerprint density at radius 2 is 1.83 bits per heavy atom. The number of hydrogen-bond donors (Lipinski definition) is 2. The zero-order valence-electron chi connectivity index (χ0n) is 20.8. The molecule has 1 aromatic carbocycles. The average Bonchev–Trinajstić information content (AvgIpc) is 3.22. The van der Waals surface area contributed by atoms with Gasteiger partial charge in [0.15, 0.2) is 0 Å². The quantitative estimate of drug-likeness (QED) is 0.647. The molecule has 0 bridgehead atoms. The Labute approximate surface area is 211 Å². The van der Waals surface area contributed by atoms with Crippen LogP contribution in [0.4, 0.5) is 0 Å². The van der Waals surface area contributed by atoms with Gasteiger partial charge in [0, 0.05) is 43.1 Å². The molecule has 2 saturated heterocycles. The molecule has 0 radical (unpaired) electrons. The van der Waals surface area contributed by atoms with Crippen molar-refractivity contribution in [2.24, 2.45) is 5.92 Å². The molecule has 4 amide bonds. The summed E-state index contributed by atoms with van der Waals surface area (Å²) in [5.74, 6) is 0.406. The molecular formula is C26H36N4O4S. The Kier molecular flexibility index (Phi) is 8.04. The second-order valence-corrected chi connectivity index (χ2v) is 11.3. The van der Waals surface area contributed by atoms with Crippen LogP contribution in [-0.2, 0) is 19.2 Å². The maximum atomic E-state index is 13.7. The van der Waals surface area contributed by atoms with E-state index < -0.39 is 12.1 Å². The van der Waals surface area contributed by atoms with Gasteiger partial charge in [0.05, 0.1) is 6.04 Å². The highest BCUT2D eigenvalue weighted by Gasteiger charge is 2.45. The maximum Gasteiger partial charge on any atom is 0.247 e. The van der Waals surface area contributed by atoms with Gasteiger partial charge < -0.3 is 20.4 Å². The fourth-order valence-electron chi connectivity index (χ4n) is 5.45. The van der Waals surface area contributed by atoms with E-state index in [2.05, 4.69) is 22.8 Å². The van der Waals surface area contributed by atoms with Crippen molar-refractivity contribution in [2.45, 2.75) is 81.9 Å². The highest BCUT2D eigenvalue weighted by molar-refractivity contribution is 7.99. The number of nitrogens with one attached hydrogen (secondary N) is 2. The van der Waals surface area contributed by atoms with Gasteiger partial charge in [-0.2, -0.15) is 0 Å². The number of hydrogen-bond acceptors (Lipinski definition) is 5. The van der Waals surface area contributed by atoms with Crippen LogP contribution in [0.1, 0.15) is 64.5 Å². The lowest BCUT2D eigenvalue weighted by atomic mass is 10.0. The Hall–Kier alpha value is -2.55. The number of thioether (sulfide) groups is 1. The third-order valence-electron chi connectivity index (χ3n) is 7.08. The summed E-state index contributed by atoms with van der Waals surface area (Å²) in [7, 11) is 0. The van der Waals surface area contributed by atoms with Gasteiger partial charge >= 0.3 is 0 Å². The molecule has 2 N–H and O–H groups in total. The van der Waals surface area contributed by atoms with Gasteiger partial charge in [-0.1, -0.05) is 32.0 Å². The maximum absolute atomic E-state index is 13.7. The van der Waals surface area contributed by atoms with E-state index in [1.165, 1.54) is 11.8 Å². The van der Waals surface area contributed by atoms with Crippen LogP contribution in [0.15, 0.2) is 29.2 Å². The van der Waals surface area contributed by atoms with Gasteiger partial charge in [-0.25, -0.2) is 0 Å². The third-order valence-corrected chi connectivity index (χ3v) is 8.20. The summed E-state index contributed by atoms with van der Waals surface area (Å²) in [5.41, 5.74) is 1.13. The number of carbonyl (C=O) groups is 4. The molecule has 3 heterocycles. The van der Waals surface area contributed by atoms with E-state index in [9.17, 15) is 19.2 Å². The van der Waals surface area contributed by atoms with Crippen LogP contribution in [0.2, 0.25) is 0 Å². The van der Waals surface area contributed by atoms with Gasteiger partial charge in [-0.15, -0.1) is 11.8 Å². The zero-order chi connectivity index (χ0) is 25.1.